The summed E-state index contributed by atoms with van der Waals surface area (Å²) in [5.74, 6) is 0.128. The molecule has 1 aliphatic carbocycles. The van der Waals surface area contributed by atoms with E-state index in [1.54, 1.807) is 17.9 Å². The molecule has 2 aliphatic rings. The van der Waals surface area contributed by atoms with Crippen molar-refractivity contribution in [3.8, 4) is 0 Å². The van der Waals surface area contributed by atoms with Crippen molar-refractivity contribution in [2.75, 3.05) is 13.1 Å². The smallest absolute Gasteiger partial charge is 0.393 e. The van der Waals surface area contributed by atoms with E-state index in [4.69, 9.17) is 0 Å². The van der Waals surface area contributed by atoms with E-state index in [9.17, 15) is 23.1 Å². The molecular formula is C18H22F3NO2. The van der Waals surface area contributed by atoms with E-state index in [1.807, 2.05) is 0 Å². The Labute approximate surface area is 139 Å². The molecule has 3 nitrogen and oxygen atoms in total. The van der Waals surface area contributed by atoms with Gasteiger partial charge in [0, 0.05) is 13.1 Å². The Morgan fingerprint density at radius 2 is 1.92 bits per heavy atom. The van der Waals surface area contributed by atoms with E-state index >= 15 is 0 Å². The molecule has 0 bridgehead atoms. The van der Waals surface area contributed by atoms with Crippen LogP contribution in [0.1, 0.15) is 43.7 Å². The van der Waals surface area contributed by atoms with Crippen LogP contribution in [-0.2, 0) is 16.4 Å². The largest absolute Gasteiger partial charge is 0.416 e. The van der Waals surface area contributed by atoms with Gasteiger partial charge in [0.2, 0.25) is 5.91 Å². The van der Waals surface area contributed by atoms with Crippen LogP contribution in [-0.4, -0.2) is 35.1 Å². The Hall–Kier alpha value is -1.56. The van der Waals surface area contributed by atoms with Crippen LogP contribution in [0.25, 0.3) is 0 Å². The predicted octanol–water partition coefficient (Wildman–Crippen LogP) is 3.36. The number of hydrogen-bond donors (Lipinski definition) is 1. The molecule has 1 saturated carbocycles. The lowest BCUT2D eigenvalue weighted by molar-refractivity contribution is -0.138. The van der Waals surface area contributed by atoms with Crippen LogP contribution >= 0.6 is 0 Å². The van der Waals surface area contributed by atoms with E-state index in [1.165, 1.54) is 6.07 Å². The maximum Gasteiger partial charge on any atom is 0.416 e. The van der Waals surface area contributed by atoms with Crippen LogP contribution in [0.2, 0.25) is 0 Å². The summed E-state index contributed by atoms with van der Waals surface area (Å²) < 4.78 is 38.8. The lowest BCUT2D eigenvalue weighted by atomic mass is 9.89. The fourth-order valence-corrected chi connectivity index (χ4v) is 3.63. The highest BCUT2D eigenvalue weighted by Crippen LogP contribution is 2.50. The number of halogens is 3. The molecule has 24 heavy (non-hydrogen) atoms. The van der Waals surface area contributed by atoms with Gasteiger partial charge in [0.25, 0.3) is 0 Å². The highest BCUT2D eigenvalue weighted by molar-refractivity contribution is 5.91. The standard InChI is InChI=1S/C18H22F3NO2/c1-12(23)13-5-9-22(10-6-13)16(24)17(7-8-17)14-3-2-4-15(11-14)18(19,20)21/h2-4,11-13,23H,5-10H2,1H3. The van der Waals surface area contributed by atoms with Crippen LogP contribution in [0, 0.1) is 5.92 Å². The summed E-state index contributed by atoms with van der Waals surface area (Å²) in [6.45, 7) is 2.89. The SMILES string of the molecule is CC(O)C1CCN(C(=O)C2(c3cccc(C(F)(F)F)c3)CC2)CC1. The molecule has 0 spiro atoms. The van der Waals surface area contributed by atoms with Crippen molar-refractivity contribution in [1.82, 2.24) is 4.90 Å². The molecule has 1 unspecified atom stereocenters. The van der Waals surface area contributed by atoms with Crippen molar-refractivity contribution in [2.24, 2.45) is 5.92 Å². The van der Waals surface area contributed by atoms with Gasteiger partial charge >= 0.3 is 6.18 Å². The summed E-state index contributed by atoms with van der Waals surface area (Å²) in [7, 11) is 0. The topological polar surface area (TPSA) is 40.5 Å². The fraction of sp³-hybridized carbons (Fsp3) is 0.611. The third-order valence-electron chi connectivity index (χ3n) is 5.41. The molecule has 1 N–H and O–H groups in total. The van der Waals surface area contributed by atoms with Gasteiger partial charge in [-0.3, -0.25) is 4.79 Å². The van der Waals surface area contributed by atoms with Crippen molar-refractivity contribution in [2.45, 2.75) is 50.3 Å². The van der Waals surface area contributed by atoms with Crippen LogP contribution < -0.4 is 0 Å². The number of aliphatic hydroxyl groups is 1. The number of carbonyl (C=O) groups excluding carboxylic acids is 1. The van der Waals surface area contributed by atoms with E-state index in [2.05, 4.69) is 0 Å². The molecule has 1 heterocycles. The van der Waals surface area contributed by atoms with Gasteiger partial charge in [-0.15, -0.1) is 0 Å². The Morgan fingerprint density at radius 1 is 1.29 bits per heavy atom. The fourth-order valence-electron chi connectivity index (χ4n) is 3.63. The number of amides is 1. The van der Waals surface area contributed by atoms with Gasteiger partial charge in [0.1, 0.15) is 0 Å². The minimum atomic E-state index is -4.40. The predicted molar refractivity (Wildman–Crippen MR) is 83.3 cm³/mol. The lowest BCUT2D eigenvalue weighted by Crippen LogP contribution is -2.45. The van der Waals surface area contributed by atoms with Crippen molar-refractivity contribution in [1.29, 1.82) is 0 Å². The molecular weight excluding hydrogens is 319 g/mol. The number of alkyl halides is 3. The van der Waals surface area contributed by atoms with Gasteiger partial charge < -0.3 is 10.0 Å². The van der Waals surface area contributed by atoms with Crippen LogP contribution in [0.4, 0.5) is 13.2 Å². The van der Waals surface area contributed by atoms with Crippen LogP contribution in [0.15, 0.2) is 24.3 Å². The molecule has 2 fully saturated rings. The summed E-state index contributed by atoms with van der Waals surface area (Å²) in [6.07, 6.45) is -2.11. The first kappa shape index (κ1) is 17.3. The maximum atomic E-state index is 12.9. The number of piperidine rings is 1. The number of hydrogen-bond acceptors (Lipinski definition) is 2. The second-order valence-corrected chi connectivity index (χ2v) is 7.03. The number of nitrogens with zero attached hydrogens (tertiary/aromatic N) is 1. The summed E-state index contributed by atoms with van der Waals surface area (Å²) in [4.78, 5) is 14.7. The summed E-state index contributed by atoms with van der Waals surface area (Å²) in [5, 5.41) is 9.65. The molecule has 1 aliphatic heterocycles. The van der Waals surface area contributed by atoms with E-state index in [0.717, 1.165) is 25.0 Å². The van der Waals surface area contributed by atoms with Crippen molar-refractivity contribution < 1.29 is 23.1 Å². The second kappa shape index (κ2) is 6.06. The molecule has 0 radical (unpaired) electrons. The molecule has 1 atom stereocenters. The monoisotopic (exact) mass is 341 g/mol. The Bertz CT molecular complexity index is 615. The van der Waals surface area contributed by atoms with Gasteiger partial charge in [0.15, 0.2) is 0 Å². The number of aliphatic hydroxyl groups excluding tert-OH is 1. The Morgan fingerprint density at radius 3 is 2.42 bits per heavy atom. The number of rotatable bonds is 3. The molecule has 1 saturated heterocycles. The van der Waals surface area contributed by atoms with Gasteiger partial charge in [-0.2, -0.15) is 13.2 Å². The minimum absolute atomic E-state index is 0.0640. The summed E-state index contributed by atoms with van der Waals surface area (Å²) in [5.41, 5.74) is -1.01. The molecule has 0 aromatic heterocycles. The molecule has 132 valence electrons. The zero-order chi connectivity index (χ0) is 17.5. The van der Waals surface area contributed by atoms with Gasteiger partial charge in [-0.25, -0.2) is 0 Å². The molecule has 6 heteroatoms. The normalized spacial score (nSPS) is 22.3. The zero-order valence-electron chi connectivity index (χ0n) is 13.6. The van der Waals surface area contributed by atoms with E-state index in [-0.39, 0.29) is 17.9 Å². The second-order valence-electron chi connectivity index (χ2n) is 7.03. The lowest BCUT2D eigenvalue weighted by Gasteiger charge is -2.35. The van der Waals surface area contributed by atoms with E-state index < -0.39 is 17.2 Å². The molecule has 1 aromatic rings. The molecule has 1 aromatic carbocycles. The summed E-state index contributed by atoms with van der Waals surface area (Å²) >= 11 is 0. The quantitative estimate of drug-likeness (QED) is 0.916. The third kappa shape index (κ3) is 3.16. The average Bonchev–Trinajstić information content (AvgIpc) is 3.35. The Balaban J connectivity index is 1.76. The van der Waals surface area contributed by atoms with Crippen LogP contribution in [0.3, 0.4) is 0 Å². The van der Waals surface area contributed by atoms with Gasteiger partial charge in [-0.05, 0) is 50.2 Å². The zero-order valence-corrected chi connectivity index (χ0v) is 13.6. The van der Waals surface area contributed by atoms with Crippen molar-refractivity contribution >= 4 is 5.91 Å². The third-order valence-corrected chi connectivity index (χ3v) is 5.41. The maximum absolute atomic E-state index is 12.9. The summed E-state index contributed by atoms with van der Waals surface area (Å²) in [6, 6.07) is 5.17. The van der Waals surface area contributed by atoms with Crippen molar-refractivity contribution in [3.05, 3.63) is 35.4 Å². The average molecular weight is 341 g/mol. The van der Waals surface area contributed by atoms with E-state index in [0.29, 0.717) is 31.5 Å². The van der Waals surface area contributed by atoms with Gasteiger partial charge in [-0.1, -0.05) is 18.2 Å². The minimum Gasteiger partial charge on any atom is -0.393 e. The highest BCUT2D eigenvalue weighted by atomic mass is 19.4. The Kier molecular flexibility index (Phi) is 4.36. The molecule has 3 rings (SSSR count). The number of carbonyl (C=O) groups is 1. The number of benzene rings is 1. The first-order chi connectivity index (χ1) is 11.2. The van der Waals surface area contributed by atoms with Crippen molar-refractivity contribution in [3.63, 3.8) is 0 Å². The first-order valence-electron chi connectivity index (χ1n) is 8.39. The highest BCUT2D eigenvalue weighted by Gasteiger charge is 2.53. The first-order valence-corrected chi connectivity index (χ1v) is 8.39. The van der Waals surface area contributed by atoms with Gasteiger partial charge in [0.05, 0.1) is 17.1 Å². The van der Waals surface area contributed by atoms with Crippen LogP contribution in [0.5, 0.6) is 0 Å². The molecule has 1 amide bonds. The number of likely N-dealkylation sites (tertiary alicyclic amines) is 1.